The van der Waals surface area contributed by atoms with Gasteiger partial charge in [0.2, 0.25) is 0 Å². The van der Waals surface area contributed by atoms with E-state index in [2.05, 4.69) is 0 Å². The van der Waals surface area contributed by atoms with Crippen LogP contribution >= 0.6 is 0 Å². The van der Waals surface area contributed by atoms with E-state index in [1.807, 2.05) is 200 Å². The van der Waals surface area contributed by atoms with Crippen LogP contribution in [-0.4, -0.2) is 99.4 Å². The van der Waals surface area contributed by atoms with Gasteiger partial charge < -0.3 is 0 Å². The third kappa shape index (κ3) is 19.0. The van der Waals surface area contributed by atoms with Crippen molar-refractivity contribution in [1.29, 1.82) is 0 Å². The van der Waals surface area contributed by atoms with Crippen molar-refractivity contribution < 1.29 is 69.3 Å². The minimum atomic E-state index is -4.07. The Kier molecular flexibility index (Phi) is 27.4. The van der Waals surface area contributed by atoms with Crippen LogP contribution in [0.1, 0.15) is 166 Å². The van der Waals surface area contributed by atoms with Crippen molar-refractivity contribution in [3.05, 3.63) is 406 Å². The van der Waals surface area contributed by atoms with E-state index in [9.17, 15) is 64.9 Å². The van der Waals surface area contributed by atoms with Gasteiger partial charge in [-0.25, -0.2) is 54.9 Å². The molecule has 696 valence electrons. The van der Waals surface area contributed by atoms with Crippen LogP contribution in [0.2, 0.25) is 0 Å². The lowest BCUT2D eigenvalue weighted by atomic mass is 9.61. The monoisotopic (exact) mass is 1920 g/mol. The molecule has 15 nitrogen and oxygen atoms in total. The Morgan fingerprint density at radius 3 is 0.770 bits per heavy atom. The molecular weight excluding hydrogens is 1810 g/mol. The predicted molar refractivity (Wildman–Crippen MR) is 528 cm³/mol. The van der Waals surface area contributed by atoms with Crippen molar-refractivity contribution in [3.63, 3.8) is 0 Å². The van der Waals surface area contributed by atoms with Crippen LogP contribution in [0.4, 0.5) is 4.39 Å². The van der Waals surface area contributed by atoms with Crippen molar-refractivity contribution in [1.82, 2.24) is 0 Å². The molecular formula is C113H111FO15S6. The zero-order valence-electron chi connectivity index (χ0n) is 76.4. The molecule has 0 saturated heterocycles. The number of hydrogen-bond donors (Lipinski definition) is 0. The summed E-state index contributed by atoms with van der Waals surface area (Å²) in [6.45, 7) is 13.6. The lowest BCUT2D eigenvalue weighted by molar-refractivity contribution is -0.129. The lowest BCUT2D eigenvalue weighted by Crippen LogP contribution is -2.53. The second-order valence-electron chi connectivity index (χ2n) is 38.3. The Balaban J connectivity index is 0.000000141. The molecule has 6 fully saturated rings. The number of ketones is 3. The molecule has 0 bridgehead atoms. The molecule has 6 unspecified atom stereocenters. The molecule has 13 aromatic rings. The van der Waals surface area contributed by atoms with E-state index >= 15 is 4.39 Å². The molecule has 6 saturated carbocycles. The molecule has 13 aromatic carbocycles. The number of sulfone groups is 6. The van der Waals surface area contributed by atoms with E-state index in [-0.39, 0.29) is 110 Å². The summed E-state index contributed by atoms with van der Waals surface area (Å²) in [6, 6.07) is 96.5. The van der Waals surface area contributed by atoms with Crippen molar-refractivity contribution >= 4 is 87.1 Å². The predicted octanol–water partition coefficient (Wildman–Crippen LogP) is 22.2. The Hall–Kier alpha value is -11.2. The number of carbonyl (C=O) groups excluding carboxylic acids is 3. The summed E-state index contributed by atoms with van der Waals surface area (Å²) in [7, 11) is -23.5. The van der Waals surface area contributed by atoms with Gasteiger partial charge in [-0.3, -0.25) is 14.4 Å². The fourth-order valence-electron chi connectivity index (χ4n) is 23.1. The fourth-order valence-corrected chi connectivity index (χ4v) is 36.0. The molecule has 18 atom stereocenters. The van der Waals surface area contributed by atoms with E-state index in [4.69, 9.17) is 0 Å². The van der Waals surface area contributed by atoms with Crippen molar-refractivity contribution in [2.75, 3.05) is 0 Å². The number of Topliss-reactive ketones (excluding diaryl/α,β-unsaturated/α-hetero) is 3. The molecule has 6 aliphatic carbocycles. The molecule has 0 spiro atoms. The lowest BCUT2D eigenvalue weighted by Gasteiger charge is -2.48. The molecule has 22 heteroatoms. The first-order chi connectivity index (χ1) is 64.5. The highest BCUT2D eigenvalue weighted by atomic mass is 32.2. The average molecular weight is 1920 g/mol. The second kappa shape index (κ2) is 38.7. The fraction of sp³-hybridized carbons (Fsp3) is 0.301. The van der Waals surface area contributed by atoms with Gasteiger partial charge in [-0.1, -0.05) is 288 Å². The van der Waals surface area contributed by atoms with Gasteiger partial charge in [-0.2, -0.15) is 0 Å². The summed E-state index contributed by atoms with van der Waals surface area (Å²) >= 11 is 0. The van der Waals surface area contributed by atoms with Gasteiger partial charge in [0.05, 0.1) is 60.9 Å². The Morgan fingerprint density at radius 1 is 0.215 bits per heavy atom. The van der Waals surface area contributed by atoms with Crippen LogP contribution in [0.5, 0.6) is 0 Å². The molecule has 0 amide bonds. The maximum Gasteiger partial charge on any atom is 0.182 e. The summed E-state index contributed by atoms with van der Waals surface area (Å²) in [5, 5.41) is -3.61. The number of fused-ring (bicyclic) bond motifs is 4. The molecule has 0 aliphatic heterocycles. The van der Waals surface area contributed by atoms with Crippen molar-refractivity contribution in [2.45, 2.75) is 203 Å². The van der Waals surface area contributed by atoms with Gasteiger partial charge in [0.15, 0.2) is 59.0 Å². The number of carbonyl (C=O) groups is 3. The summed E-state index contributed by atoms with van der Waals surface area (Å²) in [5.41, 5.74) is 11.4. The van der Waals surface area contributed by atoms with Crippen LogP contribution in [0, 0.1) is 89.8 Å². The van der Waals surface area contributed by atoms with E-state index in [1.54, 1.807) is 170 Å². The minimum Gasteiger partial charge on any atom is -0.299 e. The molecule has 19 rings (SSSR count). The smallest absolute Gasteiger partial charge is 0.182 e. The minimum absolute atomic E-state index is 0.00316. The van der Waals surface area contributed by atoms with Gasteiger partial charge in [-0.05, 0) is 228 Å². The molecule has 0 radical (unpaired) electrons. The molecule has 6 aliphatic rings. The normalized spacial score (nSPS) is 25.5. The Labute approximate surface area is 794 Å². The Morgan fingerprint density at radius 2 is 0.452 bits per heavy atom. The highest BCUT2D eigenvalue weighted by Crippen LogP contribution is 2.59. The second-order valence-corrected chi connectivity index (χ2v) is 51.1. The highest BCUT2D eigenvalue weighted by molar-refractivity contribution is 7.93. The van der Waals surface area contributed by atoms with Gasteiger partial charge in [0.1, 0.15) is 23.2 Å². The number of halogens is 1. The van der Waals surface area contributed by atoms with Crippen molar-refractivity contribution in [3.8, 4) is 0 Å². The van der Waals surface area contributed by atoms with E-state index in [0.29, 0.717) is 0 Å². The maximum absolute atomic E-state index is 15.3. The first-order valence-electron chi connectivity index (χ1n) is 46.4. The highest BCUT2D eigenvalue weighted by Gasteiger charge is 2.61. The van der Waals surface area contributed by atoms with Crippen LogP contribution in [-0.2, 0) is 73.4 Å². The molecule has 135 heavy (non-hydrogen) atoms. The largest absolute Gasteiger partial charge is 0.299 e. The van der Waals surface area contributed by atoms with Crippen LogP contribution < -0.4 is 0 Å². The first-order valence-corrected chi connectivity index (χ1v) is 55.6. The van der Waals surface area contributed by atoms with E-state index in [1.165, 1.54) is 6.07 Å². The van der Waals surface area contributed by atoms with E-state index < -0.39 is 167 Å². The van der Waals surface area contributed by atoms with Crippen LogP contribution in [0.15, 0.2) is 357 Å². The van der Waals surface area contributed by atoms with Gasteiger partial charge in [0, 0.05) is 72.5 Å². The topological polar surface area (TPSA) is 256 Å². The maximum atomic E-state index is 15.3. The van der Waals surface area contributed by atoms with Gasteiger partial charge in [-0.15, -0.1) is 0 Å². The van der Waals surface area contributed by atoms with Gasteiger partial charge >= 0.3 is 0 Å². The van der Waals surface area contributed by atoms with Crippen molar-refractivity contribution in [2.24, 2.45) is 35.5 Å². The van der Waals surface area contributed by atoms with Gasteiger partial charge in [0.25, 0.3) is 0 Å². The summed E-state index contributed by atoms with van der Waals surface area (Å²) in [4.78, 5) is 43.5. The zero-order chi connectivity index (χ0) is 95.4. The molecule has 0 heterocycles. The SMILES string of the molecule is Cc1ccc([C@@H]2C[C@@H]3C(S(=O)(=O)c4ccc(C)cc4)[C@H](c4ccc(C)cc4)CC(=O)[C@@H]3CC2S(=O)(=O)c2ccccc2)cc1.Cc1ccc([C@@H]2C[C@@H]3C(S(=O)(=O)c4ccc(C)cc4)[C@H](c4cccc5ccccc45)CC(=O)[C@@H]3CC2S(=O)(=O)c2ccccc2)cc1.Cc1ccc([C@@H]2C[C@@H]3C(S(=O)(=O)c4ccc(C)cc4)[C@H](c4ccccc4F)CC(=O)[C@@H]3CC2S(=O)(=O)c2ccccc2)cc1. The first kappa shape index (κ1) is 95.5. The third-order valence-electron chi connectivity index (χ3n) is 30.0. The average Bonchev–Trinajstić information content (AvgIpc) is 0.727. The Bertz CT molecular complexity index is 7290. The quantitative estimate of drug-likeness (QED) is 0.0774. The molecule has 0 N–H and O–H groups in total. The summed E-state index contributed by atoms with van der Waals surface area (Å²) in [6.07, 6.45) is 0.833. The number of aryl methyl sites for hydroxylation is 7. The summed E-state index contributed by atoms with van der Waals surface area (Å²) in [5.74, 6) is -8.40. The van der Waals surface area contributed by atoms with Crippen LogP contribution in [0.25, 0.3) is 10.8 Å². The zero-order valence-corrected chi connectivity index (χ0v) is 81.3. The number of hydrogen-bond acceptors (Lipinski definition) is 15. The molecule has 0 aromatic heterocycles. The van der Waals surface area contributed by atoms with Crippen LogP contribution in [0.3, 0.4) is 0 Å². The van der Waals surface area contributed by atoms with E-state index in [0.717, 1.165) is 77.5 Å². The third-order valence-corrected chi connectivity index (χ3v) is 43.7. The number of rotatable bonds is 18. The standard InChI is InChI=1S/C40H38O5S2.C37H38O5S2.C36H35FO5S2/c1-26-15-19-29(20-16-26)34-23-36-35(25-39(34)46(42,43)30-11-4-3-5-12-30)38(41)24-37(33-14-8-10-28-9-6-7-13-32(28)33)40(36)47(44,45)31-21-17-27(2)18-22-31;1-24-9-15-27(16-10-24)31-21-34-33(23-36(31)43(39,40)29-7-5-4-6-8-29)35(38)22-32(28-17-11-25(2)12-18-28)37(34)44(41,42)30-19-13-26(3)14-20-30;1-23-12-16-25(17-13-23)29-20-31-30(22-35(29)43(39,40)26-8-4-3-5-9-26)34(38)21-32(28-10-6-7-11-33(28)37)36(31)44(41,42)27-18-14-24(2)15-19-27/h3-22,34-37,39-40H,23-25H2,1-2H3;4-20,31-34,36-37H,21-23H2,1-3H3;3-19,29-32,35-36H,20-22H2,1-2H3/t34-,35+,36-,37-,39?,40?;31-,32-,33+,34-,36?,37?;29-,30+,31-,32-,35?,36?/m000/s1. The number of benzene rings is 13. The summed E-state index contributed by atoms with van der Waals surface area (Å²) < 4.78 is 189.